The van der Waals surface area contributed by atoms with Gasteiger partial charge in [-0.05, 0) is 37.8 Å². The fourth-order valence-electron chi connectivity index (χ4n) is 4.07. The molecule has 2 N–H and O–H groups in total. The molecule has 3 atom stereocenters. The molecule has 3 unspecified atom stereocenters. The summed E-state index contributed by atoms with van der Waals surface area (Å²) in [5, 5.41) is 0. The van der Waals surface area contributed by atoms with Gasteiger partial charge in [-0.3, -0.25) is 4.90 Å². The summed E-state index contributed by atoms with van der Waals surface area (Å²) in [6.07, 6.45) is 5.53. The molecule has 1 aromatic carbocycles. The van der Waals surface area contributed by atoms with E-state index in [0.29, 0.717) is 24.7 Å². The molecule has 1 heterocycles. The SMILES string of the molecule is Cc1ccc(C)c(C(CN)N2CCOC3CCCCC32)c1. The molecule has 3 nitrogen and oxygen atoms in total. The van der Waals surface area contributed by atoms with Crippen LogP contribution in [0.5, 0.6) is 0 Å². The number of fused-ring (bicyclic) bond motifs is 1. The van der Waals surface area contributed by atoms with Crippen LogP contribution >= 0.6 is 0 Å². The number of hydrogen-bond acceptors (Lipinski definition) is 3. The van der Waals surface area contributed by atoms with Gasteiger partial charge in [-0.2, -0.15) is 0 Å². The maximum Gasteiger partial charge on any atom is 0.0731 e. The quantitative estimate of drug-likeness (QED) is 0.929. The molecule has 2 fully saturated rings. The van der Waals surface area contributed by atoms with E-state index in [0.717, 1.165) is 13.2 Å². The van der Waals surface area contributed by atoms with Crippen molar-refractivity contribution in [3.63, 3.8) is 0 Å². The Bertz CT molecular complexity index is 486. The molecule has 0 radical (unpaired) electrons. The molecule has 21 heavy (non-hydrogen) atoms. The molecule has 1 aliphatic heterocycles. The molecule has 3 heteroatoms. The number of ether oxygens (including phenoxy) is 1. The third-order valence-electron chi connectivity index (χ3n) is 5.19. The third kappa shape index (κ3) is 3.01. The van der Waals surface area contributed by atoms with Gasteiger partial charge in [0, 0.05) is 25.2 Å². The zero-order valence-corrected chi connectivity index (χ0v) is 13.3. The lowest BCUT2D eigenvalue weighted by Crippen LogP contribution is -2.55. The molecule has 1 saturated heterocycles. The Morgan fingerprint density at radius 1 is 1.29 bits per heavy atom. The summed E-state index contributed by atoms with van der Waals surface area (Å²) >= 11 is 0. The minimum atomic E-state index is 0.333. The molecule has 0 aromatic heterocycles. The summed E-state index contributed by atoms with van der Waals surface area (Å²) in [4.78, 5) is 2.63. The van der Waals surface area contributed by atoms with E-state index in [1.807, 2.05) is 0 Å². The highest BCUT2D eigenvalue weighted by molar-refractivity contribution is 5.33. The van der Waals surface area contributed by atoms with Crippen LogP contribution in [0.15, 0.2) is 18.2 Å². The highest BCUT2D eigenvalue weighted by Gasteiger charge is 2.37. The van der Waals surface area contributed by atoms with Gasteiger partial charge in [0.05, 0.1) is 12.7 Å². The molecule has 1 saturated carbocycles. The summed E-state index contributed by atoms with van der Waals surface area (Å²) < 4.78 is 6.01. The first-order valence-electron chi connectivity index (χ1n) is 8.35. The Labute approximate surface area is 128 Å². The second kappa shape index (κ2) is 6.47. The predicted octanol–water partition coefficient (Wildman–Crippen LogP) is 2.95. The lowest BCUT2D eigenvalue weighted by Gasteiger charge is -2.47. The number of hydrogen-bond donors (Lipinski definition) is 1. The average molecular weight is 288 g/mol. The van der Waals surface area contributed by atoms with Crippen LogP contribution < -0.4 is 5.73 Å². The maximum absolute atomic E-state index is 6.19. The molecular formula is C18H28N2O. The van der Waals surface area contributed by atoms with Gasteiger partial charge in [-0.1, -0.05) is 36.6 Å². The van der Waals surface area contributed by atoms with E-state index >= 15 is 0 Å². The van der Waals surface area contributed by atoms with Crippen LogP contribution in [0, 0.1) is 13.8 Å². The lowest BCUT2D eigenvalue weighted by molar-refractivity contribution is -0.102. The van der Waals surface area contributed by atoms with Gasteiger partial charge in [-0.15, -0.1) is 0 Å². The van der Waals surface area contributed by atoms with Crippen LogP contribution in [0.2, 0.25) is 0 Å². The summed E-state index contributed by atoms with van der Waals surface area (Å²) in [5.74, 6) is 0. The van der Waals surface area contributed by atoms with Crippen molar-refractivity contribution in [3.8, 4) is 0 Å². The van der Waals surface area contributed by atoms with Crippen molar-refractivity contribution in [2.75, 3.05) is 19.7 Å². The average Bonchev–Trinajstić information content (AvgIpc) is 2.51. The van der Waals surface area contributed by atoms with Crippen LogP contribution in [0.1, 0.15) is 48.4 Å². The smallest absolute Gasteiger partial charge is 0.0731 e. The van der Waals surface area contributed by atoms with Gasteiger partial charge >= 0.3 is 0 Å². The van der Waals surface area contributed by atoms with Crippen LogP contribution in [-0.2, 0) is 4.74 Å². The molecule has 116 valence electrons. The first-order chi connectivity index (χ1) is 10.2. The molecule has 0 spiro atoms. The topological polar surface area (TPSA) is 38.5 Å². The first kappa shape index (κ1) is 15.0. The van der Waals surface area contributed by atoms with E-state index in [4.69, 9.17) is 10.5 Å². The lowest BCUT2D eigenvalue weighted by atomic mass is 9.87. The van der Waals surface area contributed by atoms with Crippen molar-refractivity contribution < 1.29 is 4.74 Å². The summed E-state index contributed by atoms with van der Waals surface area (Å²) in [6.45, 7) is 6.92. The summed E-state index contributed by atoms with van der Waals surface area (Å²) in [6, 6.07) is 7.63. The number of nitrogens with zero attached hydrogens (tertiary/aromatic N) is 1. The van der Waals surface area contributed by atoms with Gasteiger partial charge in [0.25, 0.3) is 0 Å². The molecule has 2 aliphatic rings. The van der Waals surface area contributed by atoms with Gasteiger partial charge < -0.3 is 10.5 Å². The van der Waals surface area contributed by atoms with E-state index in [-0.39, 0.29) is 0 Å². The molecule has 1 aliphatic carbocycles. The van der Waals surface area contributed by atoms with E-state index in [2.05, 4.69) is 36.9 Å². The zero-order valence-electron chi connectivity index (χ0n) is 13.3. The highest BCUT2D eigenvalue weighted by Crippen LogP contribution is 2.35. The second-order valence-electron chi connectivity index (χ2n) is 6.61. The van der Waals surface area contributed by atoms with E-state index < -0.39 is 0 Å². The Hall–Kier alpha value is -0.900. The molecule has 1 aromatic rings. The molecule has 0 amide bonds. The fourth-order valence-corrected chi connectivity index (χ4v) is 4.07. The minimum absolute atomic E-state index is 0.333. The van der Waals surface area contributed by atoms with Crippen LogP contribution in [0.4, 0.5) is 0 Å². The Balaban J connectivity index is 1.89. The van der Waals surface area contributed by atoms with Crippen molar-refractivity contribution in [1.82, 2.24) is 4.90 Å². The highest BCUT2D eigenvalue weighted by atomic mass is 16.5. The third-order valence-corrected chi connectivity index (χ3v) is 5.19. The van der Waals surface area contributed by atoms with Crippen LogP contribution in [-0.4, -0.2) is 36.7 Å². The van der Waals surface area contributed by atoms with Crippen molar-refractivity contribution in [2.24, 2.45) is 5.73 Å². The molecule has 3 rings (SSSR count). The Kier molecular flexibility index (Phi) is 4.63. The van der Waals surface area contributed by atoms with Crippen molar-refractivity contribution in [1.29, 1.82) is 0 Å². The van der Waals surface area contributed by atoms with E-state index in [1.54, 1.807) is 0 Å². The standard InChI is InChI=1S/C18H28N2O/c1-13-7-8-14(2)15(11-13)17(12-19)20-9-10-21-18-6-4-3-5-16(18)20/h7-8,11,16-18H,3-6,9-10,12,19H2,1-2H3. The summed E-state index contributed by atoms with van der Waals surface area (Å²) in [5.41, 5.74) is 10.3. The van der Waals surface area contributed by atoms with Gasteiger partial charge in [0.2, 0.25) is 0 Å². The Morgan fingerprint density at radius 2 is 2.10 bits per heavy atom. The largest absolute Gasteiger partial charge is 0.375 e. The first-order valence-corrected chi connectivity index (χ1v) is 8.35. The van der Waals surface area contributed by atoms with Gasteiger partial charge in [-0.25, -0.2) is 0 Å². The number of rotatable bonds is 3. The fraction of sp³-hybridized carbons (Fsp3) is 0.667. The monoisotopic (exact) mass is 288 g/mol. The molecule has 0 bridgehead atoms. The van der Waals surface area contributed by atoms with Crippen molar-refractivity contribution in [2.45, 2.75) is 57.7 Å². The van der Waals surface area contributed by atoms with Crippen molar-refractivity contribution in [3.05, 3.63) is 34.9 Å². The van der Waals surface area contributed by atoms with Gasteiger partial charge in [0.15, 0.2) is 0 Å². The van der Waals surface area contributed by atoms with Crippen LogP contribution in [0.25, 0.3) is 0 Å². The van der Waals surface area contributed by atoms with E-state index in [9.17, 15) is 0 Å². The predicted molar refractivity (Wildman–Crippen MR) is 86.4 cm³/mol. The van der Waals surface area contributed by atoms with Crippen molar-refractivity contribution >= 4 is 0 Å². The number of aryl methyl sites for hydroxylation is 2. The van der Waals surface area contributed by atoms with E-state index in [1.165, 1.54) is 42.4 Å². The second-order valence-corrected chi connectivity index (χ2v) is 6.61. The minimum Gasteiger partial charge on any atom is -0.375 e. The number of benzene rings is 1. The maximum atomic E-state index is 6.19. The zero-order chi connectivity index (χ0) is 14.8. The van der Waals surface area contributed by atoms with Crippen LogP contribution in [0.3, 0.4) is 0 Å². The van der Waals surface area contributed by atoms with Gasteiger partial charge in [0.1, 0.15) is 0 Å². The Morgan fingerprint density at radius 3 is 2.90 bits per heavy atom. The summed E-state index contributed by atoms with van der Waals surface area (Å²) in [7, 11) is 0. The normalized spacial score (nSPS) is 28.1. The molecular weight excluding hydrogens is 260 g/mol. The number of morpholine rings is 1. The number of nitrogens with two attached hydrogens (primary N) is 1.